The number of rotatable bonds is 3. The highest BCUT2D eigenvalue weighted by Gasteiger charge is 2.57. The first-order chi connectivity index (χ1) is 7.49. The number of hydrogen-bond acceptors (Lipinski definition) is 3. The number of aliphatic carboxylic acids is 1. The molecule has 0 spiro atoms. The maximum absolute atomic E-state index is 10.6. The molecule has 2 atom stereocenters. The number of carboxylic acid groups (broad SMARTS) is 1. The molecule has 2 unspecified atom stereocenters. The van der Waals surface area contributed by atoms with Gasteiger partial charge in [-0.2, -0.15) is 0 Å². The van der Waals surface area contributed by atoms with Gasteiger partial charge in [-0.25, -0.2) is 4.79 Å². The van der Waals surface area contributed by atoms with Crippen molar-refractivity contribution in [1.82, 2.24) is 0 Å². The Hall–Kier alpha value is -0.610. The van der Waals surface area contributed by atoms with E-state index in [2.05, 4.69) is 0 Å². The molecular formula is C12H18O4. The number of aliphatic hydroxyl groups is 1. The van der Waals surface area contributed by atoms with E-state index in [9.17, 15) is 9.90 Å². The van der Waals surface area contributed by atoms with Gasteiger partial charge in [0.2, 0.25) is 0 Å². The Morgan fingerprint density at radius 1 is 1.25 bits per heavy atom. The first kappa shape index (κ1) is 10.5. The van der Waals surface area contributed by atoms with Crippen LogP contribution in [-0.4, -0.2) is 34.0 Å². The van der Waals surface area contributed by atoms with Gasteiger partial charge in [-0.1, -0.05) is 0 Å². The van der Waals surface area contributed by atoms with E-state index < -0.39 is 11.6 Å². The summed E-state index contributed by atoms with van der Waals surface area (Å²) in [4.78, 5) is 10.6. The second kappa shape index (κ2) is 3.20. The van der Waals surface area contributed by atoms with Gasteiger partial charge in [-0.3, -0.25) is 0 Å². The van der Waals surface area contributed by atoms with E-state index in [1.807, 2.05) is 0 Å². The van der Waals surface area contributed by atoms with Crippen LogP contribution in [0.2, 0.25) is 0 Å². The molecule has 90 valence electrons. The molecule has 0 heterocycles. The number of ether oxygens (including phenoxy) is 1. The van der Waals surface area contributed by atoms with Gasteiger partial charge in [-0.05, 0) is 43.9 Å². The third-order valence-electron chi connectivity index (χ3n) is 4.48. The summed E-state index contributed by atoms with van der Waals surface area (Å²) in [5.41, 5.74) is -0.903. The molecule has 16 heavy (non-hydrogen) atoms. The Balaban J connectivity index is 1.78. The molecule has 4 saturated carbocycles. The minimum atomic E-state index is -0.914. The lowest BCUT2D eigenvalue weighted by atomic mass is 9.52. The minimum absolute atomic E-state index is 0.227. The van der Waals surface area contributed by atoms with Crippen molar-refractivity contribution in [1.29, 1.82) is 0 Å². The van der Waals surface area contributed by atoms with E-state index in [-0.39, 0.29) is 12.2 Å². The maximum Gasteiger partial charge on any atom is 0.329 e. The Bertz CT molecular complexity index is 311. The van der Waals surface area contributed by atoms with Gasteiger partial charge < -0.3 is 14.9 Å². The van der Waals surface area contributed by atoms with Crippen molar-refractivity contribution in [3.8, 4) is 0 Å². The zero-order chi connectivity index (χ0) is 11.4. The zero-order valence-corrected chi connectivity index (χ0v) is 9.32. The topological polar surface area (TPSA) is 66.8 Å². The first-order valence-electron chi connectivity index (χ1n) is 6.07. The second-order valence-corrected chi connectivity index (χ2v) is 6.05. The molecule has 4 heteroatoms. The van der Waals surface area contributed by atoms with Crippen LogP contribution in [-0.2, 0) is 9.53 Å². The Morgan fingerprint density at radius 2 is 1.88 bits per heavy atom. The van der Waals surface area contributed by atoms with Crippen LogP contribution in [0.3, 0.4) is 0 Å². The average Bonchev–Trinajstić information content (AvgIpc) is 2.10. The number of carboxylic acids is 1. The molecule has 4 aliphatic carbocycles. The van der Waals surface area contributed by atoms with Crippen LogP contribution >= 0.6 is 0 Å². The SMILES string of the molecule is O=C(O)COC12CC3CC(CC(O)(C3)C1)C2. The summed E-state index contributed by atoms with van der Waals surface area (Å²) in [6.07, 6.45) is 5.50. The summed E-state index contributed by atoms with van der Waals surface area (Å²) in [5, 5.41) is 19.1. The predicted octanol–water partition coefficient (Wildman–Crippen LogP) is 1.17. The molecule has 0 aromatic carbocycles. The van der Waals surface area contributed by atoms with Crippen molar-refractivity contribution in [2.45, 2.75) is 49.7 Å². The van der Waals surface area contributed by atoms with Gasteiger partial charge >= 0.3 is 5.97 Å². The Morgan fingerprint density at radius 3 is 2.38 bits per heavy atom. The fraction of sp³-hybridized carbons (Fsp3) is 0.917. The first-order valence-corrected chi connectivity index (χ1v) is 6.07. The lowest BCUT2D eigenvalue weighted by Crippen LogP contribution is -2.60. The van der Waals surface area contributed by atoms with Crippen LogP contribution in [0.4, 0.5) is 0 Å². The van der Waals surface area contributed by atoms with Crippen molar-refractivity contribution in [3.05, 3.63) is 0 Å². The van der Waals surface area contributed by atoms with Gasteiger partial charge in [0.15, 0.2) is 0 Å². The van der Waals surface area contributed by atoms with Crippen LogP contribution in [0, 0.1) is 11.8 Å². The molecule has 0 aromatic heterocycles. The molecular weight excluding hydrogens is 208 g/mol. The quantitative estimate of drug-likeness (QED) is 0.758. The van der Waals surface area contributed by atoms with E-state index in [1.165, 1.54) is 6.42 Å². The second-order valence-electron chi connectivity index (χ2n) is 6.05. The van der Waals surface area contributed by atoms with E-state index >= 15 is 0 Å². The predicted molar refractivity (Wildman–Crippen MR) is 56.0 cm³/mol. The monoisotopic (exact) mass is 226 g/mol. The number of hydrogen-bond donors (Lipinski definition) is 2. The zero-order valence-electron chi connectivity index (χ0n) is 9.32. The maximum atomic E-state index is 10.6. The minimum Gasteiger partial charge on any atom is -0.480 e. The molecule has 0 aromatic rings. The molecule has 0 aliphatic heterocycles. The van der Waals surface area contributed by atoms with Gasteiger partial charge in [0, 0.05) is 6.42 Å². The molecule has 4 rings (SSSR count). The Labute approximate surface area is 94.6 Å². The fourth-order valence-corrected chi connectivity index (χ4v) is 4.51. The average molecular weight is 226 g/mol. The van der Waals surface area contributed by atoms with Gasteiger partial charge in [0.1, 0.15) is 6.61 Å². The molecule has 0 radical (unpaired) electrons. The van der Waals surface area contributed by atoms with Crippen molar-refractivity contribution in [2.24, 2.45) is 11.8 Å². The highest BCUT2D eigenvalue weighted by atomic mass is 16.5. The highest BCUT2D eigenvalue weighted by Crippen LogP contribution is 2.58. The van der Waals surface area contributed by atoms with E-state index in [1.54, 1.807) is 0 Å². The standard InChI is InChI=1S/C12H18O4/c13-10(14)6-16-12-4-8-1-9(5-12)3-11(15,2-8)7-12/h8-9,15H,1-7H2,(H,13,14). The van der Waals surface area contributed by atoms with Crippen molar-refractivity contribution in [2.75, 3.05) is 6.61 Å². The molecule has 4 aliphatic rings. The van der Waals surface area contributed by atoms with Gasteiger partial charge in [-0.15, -0.1) is 0 Å². The van der Waals surface area contributed by atoms with Crippen molar-refractivity contribution >= 4 is 5.97 Å². The van der Waals surface area contributed by atoms with Crippen molar-refractivity contribution < 1.29 is 19.7 Å². The van der Waals surface area contributed by atoms with Crippen molar-refractivity contribution in [3.63, 3.8) is 0 Å². The van der Waals surface area contributed by atoms with Crippen LogP contribution in [0.5, 0.6) is 0 Å². The molecule has 4 nitrogen and oxygen atoms in total. The summed E-state index contributed by atoms with van der Waals surface area (Å²) < 4.78 is 5.61. The molecule has 4 bridgehead atoms. The number of carbonyl (C=O) groups is 1. The Kier molecular flexibility index (Phi) is 2.11. The highest BCUT2D eigenvalue weighted by molar-refractivity contribution is 5.68. The lowest BCUT2D eigenvalue weighted by Gasteiger charge is -2.59. The van der Waals surface area contributed by atoms with Crippen LogP contribution in [0.15, 0.2) is 0 Å². The smallest absolute Gasteiger partial charge is 0.329 e. The van der Waals surface area contributed by atoms with Gasteiger partial charge in [0.25, 0.3) is 0 Å². The summed E-state index contributed by atoms with van der Waals surface area (Å²) in [7, 11) is 0. The summed E-state index contributed by atoms with van der Waals surface area (Å²) in [6, 6.07) is 0. The summed E-state index contributed by atoms with van der Waals surface area (Å²) in [5.74, 6) is 0.169. The van der Waals surface area contributed by atoms with Crippen LogP contribution < -0.4 is 0 Å². The largest absolute Gasteiger partial charge is 0.480 e. The van der Waals surface area contributed by atoms with E-state index in [0.717, 1.165) is 25.7 Å². The third kappa shape index (κ3) is 1.64. The van der Waals surface area contributed by atoms with Crippen LogP contribution in [0.25, 0.3) is 0 Å². The van der Waals surface area contributed by atoms with Gasteiger partial charge in [0.05, 0.1) is 11.2 Å². The summed E-state index contributed by atoms with van der Waals surface area (Å²) in [6.45, 7) is -0.227. The molecule has 0 amide bonds. The third-order valence-corrected chi connectivity index (χ3v) is 4.48. The van der Waals surface area contributed by atoms with E-state index in [4.69, 9.17) is 9.84 Å². The summed E-state index contributed by atoms with van der Waals surface area (Å²) >= 11 is 0. The normalized spacial score (nSPS) is 49.6. The molecule has 4 fully saturated rings. The molecule has 2 N–H and O–H groups in total. The molecule has 0 saturated heterocycles. The fourth-order valence-electron chi connectivity index (χ4n) is 4.51. The van der Waals surface area contributed by atoms with Crippen LogP contribution in [0.1, 0.15) is 38.5 Å². The van der Waals surface area contributed by atoms with E-state index in [0.29, 0.717) is 18.3 Å². The lowest BCUT2D eigenvalue weighted by molar-refractivity contribution is -0.222.